The van der Waals surface area contributed by atoms with E-state index >= 15 is 0 Å². The van der Waals surface area contributed by atoms with Crippen LogP contribution in [0.5, 0.6) is 11.5 Å². The van der Waals surface area contributed by atoms with E-state index in [0.29, 0.717) is 28.5 Å². The van der Waals surface area contributed by atoms with Crippen LogP contribution in [0.3, 0.4) is 0 Å². The van der Waals surface area contributed by atoms with Crippen molar-refractivity contribution in [1.29, 1.82) is 0 Å². The number of aromatic nitrogens is 2. The summed E-state index contributed by atoms with van der Waals surface area (Å²) in [5.41, 5.74) is 3.46. The second-order valence-corrected chi connectivity index (χ2v) is 6.72. The number of hydrogen-bond donors (Lipinski definition) is 1. The highest BCUT2D eigenvalue weighted by molar-refractivity contribution is 6.02. The van der Waals surface area contributed by atoms with E-state index < -0.39 is 5.91 Å². The lowest BCUT2D eigenvalue weighted by atomic mass is 10.1. The number of carbonyl (C=O) groups is 1. The average molecular weight is 419 g/mol. The first-order chi connectivity index (χ1) is 15.1. The maximum atomic E-state index is 12.6. The Labute approximate surface area is 178 Å². The van der Waals surface area contributed by atoms with Crippen LogP contribution in [0, 0.1) is 0 Å². The van der Waals surface area contributed by atoms with E-state index in [9.17, 15) is 4.79 Å². The zero-order valence-corrected chi connectivity index (χ0v) is 17.3. The van der Waals surface area contributed by atoms with Gasteiger partial charge in [-0.15, -0.1) is 0 Å². The Morgan fingerprint density at radius 2 is 1.77 bits per heavy atom. The maximum absolute atomic E-state index is 12.6. The molecule has 0 bridgehead atoms. The molecule has 2 heterocycles. The van der Waals surface area contributed by atoms with Gasteiger partial charge in [-0.1, -0.05) is 41.5 Å². The summed E-state index contributed by atoms with van der Waals surface area (Å²) < 4.78 is 21.2. The first kappa shape index (κ1) is 20.2. The van der Waals surface area contributed by atoms with Crippen LogP contribution in [0.2, 0.25) is 0 Å². The van der Waals surface area contributed by atoms with Crippen molar-refractivity contribution in [3.8, 4) is 34.1 Å². The van der Waals surface area contributed by atoms with E-state index in [-0.39, 0.29) is 11.6 Å². The second-order valence-electron chi connectivity index (χ2n) is 6.72. The summed E-state index contributed by atoms with van der Waals surface area (Å²) >= 11 is 0. The summed E-state index contributed by atoms with van der Waals surface area (Å²) in [7, 11) is 3.11. The lowest BCUT2D eigenvalue weighted by molar-refractivity contribution is 0.101. The molecule has 1 amide bonds. The van der Waals surface area contributed by atoms with Gasteiger partial charge in [-0.3, -0.25) is 10.1 Å². The standard InChI is InChI=1S/C23H21N3O5/c1-4-14-5-7-15(8-6-14)18-13-22(31-25-18)24-23(27)19-12-21(30-26-19)17-11-16(28-2)9-10-20(17)29-3/h5-13H,4H2,1-3H3,(H,24,27). The third kappa shape index (κ3) is 4.28. The molecule has 0 spiro atoms. The van der Waals surface area contributed by atoms with Gasteiger partial charge in [0.1, 0.15) is 17.2 Å². The first-order valence-corrected chi connectivity index (χ1v) is 9.67. The van der Waals surface area contributed by atoms with Gasteiger partial charge in [0.15, 0.2) is 11.5 Å². The fourth-order valence-corrected chi connectivity index (χ4v) is 3.07. The molecule has 4 aromatic rings. The number of ether oxygens (including phenoxy) is 2. The Balaban J connectivity index is 1.51. The van der Waals surface area contributed by atoms with Crippen LogP contribution < -0.4 is 14.8 Å². The van der Waals surface area contributed by atoms with Gasteiger partial charge in [0.2, 0.25) is 5.88 Å². The number of nitrogens with one attached hydrogen (secondary N) is 1. The number of methoxy groups -OCH3 is 2. The van der Waals surface area contributed by atoms with Crippen LogP contribution in [0.4, 0.5) is 5.88 Å². The second kappa shape index (κ2) is 8.74. The minimum absolute atomic E-state index is 0.0881. The van der Waals surface area contributed by atoms with Crippen LogP contribution in [0.15, 0.2) is 63.6 Å². The van der Waals surface area contributed by atoms with E-state index in [1.165, 1.54) is 11.6 Å². The molecule has 2 aromatic heterocycles. The zero-order valence-electron chi connectivity index (χ0n) is 17.3. The molecular weight excluding hydrogens is 398 g/mol. The third-order valence-corrected chi connectivity index (χ3v) is 4.82. The Kier molecular flexibility index (Phi) is 5.70. The van der Waals surface area contributed by atoms with Gasteiger partial charge >= 0.3 is 0 Å². The molecule has 1 N–H and O–H groups in total. The molecule has 0 unspecified atom stereocenters. The molecule has 0 atom stereocenters. The predicted octanol–water partition coefficient (Wildman–Crippen LogP) is 4.83. The van der Waals surface area contributed by atoms with Gasteiger partial charge in [-0.2, -0.15) is 0 Å². The van der Waals surface area contributed by atoms with Crippen molar-refractivity contribution in [2.75, 3.05) is 19.5 Å². The SMILES string of the molecule is CCc1ccc(-c2cc(NC(=O)c3cc(-c4cc(OC)ccc4OC)on3)on2)cc1. The van der Waals surface area contributed by atoms with Gasteiger partial charge < -0.3 is 18.5 Å². The highest BCUT2D eigenvalue weighted by Crippen LogP contribution is 2.34. The fourth-order valence-electron chi connectivity index (χ4n) is 3.07. The zero-order chi connectivity index (χ0) is 21.8. The van der Waals surface area contributed by atoms with Gasteiger partial charge in [0.25, 0.3) is 5.91 Å². The molecule has 158 valence electrons. The van der Waals surface area contributed by atoms with Crippen LogP contribution in [0.1, 0.15) is 23.0 Å². The van der Waals surface area contributed by atoms with Crippen LogP contribution >= 0.6 is 0 Å². The lowest BCUT2D eigenvalue weighted by Crippen LogP contribution is -2.11. The number of amides is 1. The third-order valence-electron chi connectivity index (χ3n) is 4.82. The summed E-state index contributed by atoms with van der Waals surface area (Å²) in [4.78, 5) is 12.6. The number of nitrogens with zero attached hydrogens (tertiary/aromatic N) is 2. The smallest absolute Gasteiger partial charge is 0.280 e. The van der Waals surface area contributed by atoms with E-state index in [1.54, 1.807) is 38.5 Å². The van der Waals surface area contributed by atoms with Gasteiger partial charge in [-0.05, 0) is 30.2 Å². The molecule has 0 fully saturated rings. The lowest BCUT2D eigenvalue weighted by Gasteiger charge is -2.07. The number of rotatable bonds is 7. The minimum Gasteiger partial charge on any atom is -0.497 e. The normalized spacial score (nSPS) is 10.7. The van der Waals surface area contributed by atoms with Crippen molar-refractivity contribution >= 4 is 11.8 Å². The summed E-state index contributed by atoms with van der Waals surface area (Å²) in [6.45, 7) is 2.10. The molecule has 0 aliphatic carbocycles. The first-order valence-electron chi connectivity index (χ1n) is 9.67. The molecule has 8 nitrogen and oxygen atoms in total. The Morgan fingerprint density at radius 1 is 0.968 bits per heavy atom. The highest BCUT2D eigenvalue weighted by Gasteiger charge is 2.19. The molecule has 0 aliphatic heterocycles. The monoisotopic (exact) mass is 419 g/mol. The Bertz CT molecular complexity index is 1190. The topological polar surface area (TPSA) is 99.6 Å². The molecule has 0 aliphatic rings. The maximum Gasteiger partial charge on any atom is 0.280 e. The molecule has 4 rings (SSSR count). The van der Waals surface area contributed by atoms with E-state index in [2.05, 4.69) is 22.6 Å². The molecule has 0 radical (unpaired) electrons. The fraction of sp³-hybridized carbons (Fsp3) is 0.174. The largest absolute Gasteiger partial charge is 0.497 e. The summed E-state index contributed by atoms with van der Waals surface area (Å²) in [6, 6.07) is 16.4. The summed E-state index contributed by atoms with van der Waals surface area (Å²) in [5.74, 6) is 1.29. The molecule has 2 aromatic carbocycles. The molecular formula is C23H21N3O5. The van der Waals surface area contributed by atoms with Crippen LogP contribution in [-0.2, 0) is 6.42 Å². The summed E-state index contributed by atoms with van der Waals surface area (Å²) in [6.07, 6.45) is 0.960. The number of carbonyl (C=O) groups excluding carboxylic acids is 1. The van der Waals surface area contributed by atoms with Gasteiger partial charge in [0.05, 0.1) is 19.8 Å². The number of hydrogen-bond acceptors (Lipinski definition) is 7. The van der Waals surface area contributed by atoms with Crippen LogP contribution in [0.25, 0.3) is 22.6 Å². The van der Waals surface area contributed by atoms with E-state index in [1.807, 2.05) is 24.3 Å². The van der Waals surface area contributed by atoms with Gasteiger partial charge in [-0.25, -0.2) is 0 Å². The van der Waals surface area contributed by atoms with Gasteiger partial charge in [0, 0.05) is 17.7 Å². The predicted molar refractivity (Wildman–Crippen MR) is 114 cm³/mol. The molecule has 31 heavy (non-hydrogen) atoms. The van der Waals surface area contributed by atoms with E-state index in [0.717, 1.165) is 12.0 Å². The van der Waals surface area contributed by atoms with Crippen LogP contribution in [-0.4, -0.2) is 30.4 Å². The molecule has 8 heteroatoms. The van der Waals surface area contributed by atoms with Crippen molar-refractivity contribution in [1.82, 2.24) is 10.3 Å². The van der Waals surface area contributed by atoms with Crippen molar-refractivity contribution in [2.45, 2.75) is 13.3 Å². The minimum atomic E-state index is -0.485. The van der Waals surface area contributed by atoms with E-state index in [4.69, 9.17) is 18.5 Å². The number of anilines is 1. The Morgan fingerprint density at radius 3 is 2.48 bits per heavy atom. The number of aryl methyl sites for hydroxylation is 1. The molecule has 0 saturated heterocycles. The highest BCUT2D eigenvalue weighted by atomic mass is 16.5. The number of benzene rings is 2. The molecule has 0 saturated carbocycles. The van der Waals surface area contributed by atoms with Crippen molar-refractivity contribution < 1.29 is 23.3 Å². The quantitative estimate of drug-likeness (QED) is 0.458. The van der Waals surface area contributed by atoms with Crippen molar-refractivity contribution in [2.24, 2.45) is 0 Å². The van der Waals surface area contributed by atoms with Crippen molar-refractivity contribution in [3.63, 3.8) is 0 Å². The van der Waals surface area contributed by atoms with Crippen molar-refractivity contribution in [3.05, 3.63) is 65.9 Å². The Hall–Kier alpha value is -4.07. The summed E-state index contributed by atoms with van der Waals surface area (Å²) in [5, 5.41) is 10.5. The average Bonchev–Trinajstić information content (AvgIpc) is 3.49.